The fourth-order valence-corrected chi connectivity index (χ4v) is 3.79. The summed E-state index contributed by atoms with van der Waals surface area (Å²) in [6, 6.07) is 19.0. The zero-order chi connectivity index (χ0) is 24.0. The van der Waals surface area contributed by atoms with E-state index in [1.807, 2.05) is 18.2 Å². The molecule has 0 aliphatic rings. The number of carbonyl (C=O) groups excluding carboxylic acids is 1. The van der Waals surface area contributed by atoms with Crippen LogP contribution in [-0.2, 0) is 14.8 Å². The molecule has 0 heterocycles. The van der Waals surface area contributed by atoms with E-state index in [4.69, 9.17) is 9.47 Å². The van der Waals surface area contributed by atoms with E-state index in [1.165, 1.54) is 31.4 Å². The van der Waals surface area contributed by atoms with Gasteiger partial charge in [-0.2, -0.15) is 0 Å². The van der Waals surface area contributed by atoms with Crippen LogP contribution >= 0.6 is 0 Å². The third-order valence-corrected chi connectivity index (χ3v) is 5.60. The van der Waals surface area contributed by atoms with Gasteiger partial charge >= 0.3 is 0 Å². The summed E-state index contributed by atoms with van der Waals surface area (Å²) in [5.74, 6) is 0.603. The first-order chi connectivity index (χ1) is 15.7. The second-order valence-electron chi connectivity index (χ2n) is 6.87. The Bertz CT molecular complexity index is 1250. The van der Waals surface area contributed by atoms with Crippen molar-refractivity contribution in [3.05, 3.63) is 82.9 Å². The van der Waals surface area contributed by atoms with Gasteiger partial charge in [0.1, 0.15) is 23.8 Å². The summed E-state index contributed by atoms with van der Waals surface area (Å²) in [6.45, 7) is -0.552. The van der Waals surface area contributed by atoms with Crippen LogP contribution in [0.3, 0.4) is 0 Å². The molecule has 1 amide bonds. The molecule has 0 bridgehead atoms. The number of nitrogens with one attached hydrogen (secondary N) is 1. The van der Waals surface area contributed by atoms with Gasteiger partial charge in [0.2, 0.25) is 15.9 Å². The van der Waals surface area contributed by atoms with E-state index in [2.05, 4.69) is 5.32 Å². The van der Waals surface area contributed by atoms with Gasteiger partial charge < -0.3 is 14.8 Å². The molecule has 0 spiro atoms. The quantitative estimate of drug-likeness (QED) is 0.371. The van der Waals surface area contributed by atoms with E-state index in [-0.39, 0.29) is 22.8 Å². The number of ether oxygens (including phenoxy) is 2. The minimum absolute atomic E-state index is 0.0526. The first kappa shape index (κ1) is 23.5. The number of non-ortho nitro benzene ring substituents is 1. The lowest BCUT2D eigenvalue weighted by Crippen LogP contribution is -2.37. The Kier molecular flexibility index (Phi) is 7.13. The van der Waals surface area contributed by atoms with E-state index in [0.29, 0.717) is 11.5 Å². The highest BCUT2D eigenvalue weighted by atomic mass is 32.2. The molecule has 172 valence electrons. The van der Waals surface area contributed by atoms with Crippen LogP contribution in [0, 0.1) is 10.1 Å². The standard InChI is InChI=1S/C22H21N3O7S/c1-31-21-13-10-17(25(27)28)14-20(21)23-22(26)15-24(33(2,29)30)16-8-11-19(12-9-16)32-18-6-4-3-5-7-18/h3-14H,15H2,1-2H3,(H,23,26). The molecule has 10 nitrogen and oxygen atoms in total. The average molecular weight is 471 g/mol. The molecule has 0 radical (unpaired) electrons. The SMILES string of the molecule is COc1ccc([N+](=O)[O-])cc1NC(=O)CN(c1ccc(Oc2ccccc2)cc1)S(C)(=O)=O. The first-order valence-corrected chi connectivity index (χ1v) is 11.4. The largest absolute Gasteiger partial charge is 0.495 e. The summed E-state index contributed by atoms with van der Waals surface area (Å²) in [5, 5.41) is 13.5. The molecule has 0 fully saturated rings. The molecule has 0 aromatic heterocycles. The van der Waals surface area contributed by atoms with Crippen LogP contribution in [0.4, 0.5) is 17.1 Å². The Morgan fingerprint density at radius 1 is 1.03 bits per heavy atom. The van der Waals surface area contributed by atoms with Gasteiger partial charge in [-0.05, 0) is 42.5 Å². The molecule has 0 saturated heterocycles. The molecule has 0 aliphatic heterocycles. The minimum Gasteiger partial charge on any atom is -0.495 e. The maximum Gasteiger partial charge on any atom is 0.271 e. The van der Waals surface area contributed by atoms with Gasteiger partial charge in [0.05, 0.1) is 29.7 Å². The fraction of sp³-hybridized carbons (Fsp3) is 0.136. The number of rotatable bonds is 9. The molecule has 11 heteroatoms. The summed E-state index contributed by atoms with van der Waals surface area (Å²) >= 11 is 0. The third kappa shape index (κ3) is 6.20. The number of nitro groups is 1. The smallest absolute Gasteiger partial charge is 0.271 e. The Labute approximate surface area is 190 Å². The molecule has 0 unspecified atom stereocenters. The van der Waals surface area contributed by atoms with Gasteiger partial charge in [0, 0.05) is 12.1 Å². The summed E-state index contributed by atoms with van der Waals surface area (Å²) in [6.07, 6.45) is 0.975. The monoisotopic (exact) mass is 471 g/mol. The lowest BCUT2D eigenvalue weighted by molar-refractivity contribution is -0.384. The van der Waals surface area contributed by atoms with Gasteiger partial charge in [-0.1, -0.05) is 18.2 Å². The molecule has 1 N–H and O–H groups in total. The zero-order valence-corrected chi connectivity index (χ0v) is 18.6. The Hall–Kier alpha value is -4.12. The molecule has 3 aromatic carbocycles. The number of amides is 1. The van der Waals surface area contributed by atoms with Crippen LogP contribution in [0.5, 0.6) is 17.2 Å². The van der Waals surface area contributed by atoms with Crippen LogP contribution < -0.4 is 19.1 Å². The van der Waals surface area contributed by atoms with Crippen molar-refractivity contribution in [2.75, 3.05) is 29.5 Å². The van der Waals surface area contributed by atoms with Crippen molar-refractivity contribution in [3.63, 3.8) is 0 Å². The molecule has 0 saturated carbocycles. The predicted molar refractivity (Wildman–Crippen MR) is 123 cm³/mol. The Morgan fingerprint density at radius 2 is 1.67 bits per heavy atom. The fourth-order valence-electron chi connectivity index (χ4n) is 2.93. The second-order valence-corrected chi connectivity index (χ2v) is 8.78. The number of para-hydroxylation sites is 1. The van der Waals surface area contributed by atoms with Crippen molar-refractivity contribution in [1.29, 1.82) is 0 Å². The van der Waals surface area contributed by atoms with E-state index >= 15 is 0 Å². The van der Waals surface area contributed by atoms with Crippen molar-refractivity contribution in [2.24, 2.45) is 0 Å². The van der Waals surface area contributed by atoms with E-state index in [0.717, 1.165) is 16.6 Å². The van der Waals surface area contributed by atoms with Gasteiger partial charge in [0.25, 0.3) is 5.69 Å². The van der Waals surface area contributed by atoms with Gasteiger partial charge in [-0.3, -0.25) is 19.2 Å². The lowest BCUT2D eigenvalue weighted by Gasteiger charge is -2.22. The molecular formula is C22H21N3O7S. The number of anilines is 2. The van der Waals surface area contributed by atoms with Gasteiger partial charge in [0.15, 0.2) is 0 Å². The number of sulfonamides is 1. The predicted octanol–water partition coefficient (Wildman–Crippen LogP) is 3.80. The van der Waals surface area contributed by atoms with Crippen molar-refractivity contribution in [3.8, 4) is 17.2 Å². The summed E-state index contributed by atoms with van der Waals surface area (Å²) < 4.78 is 36.5. The van der Waals surface area contributed by atoms with E-state index < -0.39 is 27.4 Å². The van der Waals surface area contributed by atoms with Crippen molar-refractivity contribution in [2.45, 2.75) is 0 Å². The second kappa shape index (κ2) is 10.0. The van der Waals surface area contributed by atoms with Crippen LogP contribution in [0.15, 0.2) is 72.8 Å². The average Bonchev–Trinajstić information content (AvgIpc) is 2.78. The third-order valence-electron chi connectivity index (χ3n) is 4.46. The highest BCUT2D eigenvalue weighted by Gasteiger charge is 2.22. The maximum absolute atomic E-state index is 12.6. The maximum atomic E-state index is 12.6. The summed E-state index contributed by atoms with van der Waals surface area (Å²) in [5.41, 5.74) is 0.0518. The normalized spacial score (nSPS) is 10.8. The van der Waals surface area contributed by atoms with Crippen molar-refractivity contribution in [1.82, 2.24) is 0 Å². The zero-order valence-electron chi connectivity index (χ0n) is 17.8. The van der Waals surface area contributed by atoms with Crippen LogP contribution in [0.2, 0.25) is 0 Å². The Morgan fingerprint density at radius 3 is 2.24 bits per heavy atom. The number of benzene rings is 3. The minimum atomic E-state index is -3.82. The molecule has 0 aliphatic carbocycles. The lowest BCUT2D eigenvalue weighted by atomic mass is 10.2. The molecule has 3 aromatic rings. The number of nitro benzene ring substituents is 1. The van der Waals surface area contributed by atoms with Crippen LogP contribution in [0.25, 0.3) is 0 Å². The van der Waals surface area contributed by atoms with Crippen molar-refractivity contribution >= 4 is 33.0 Å². The molecule has 0 atom stereocenters. The number of hydrogen-bond acceptors (Lipinski definition) is 7. The van der Waals surface area contributed by atoms with Crippen LogP contribution in [0.1, 0.15) is 0 Å². The van der Waals surface area contributed by atoms with Gasteiger partial charge in [-0.15, -0.1) is 0 Å². The topological polar surface area (TPSA) is 128 Å². The van der Waals surface area contributed by atoms with E-state index in [9.17, 15) is 23.3 Å². The highest BCUT2D eigenvalue weighted by molar-refractivity contribution is 7.92. The number of hydrogen-bond donors (Lipinski definition) is 1. The summed E-state index contributed by atoms with van der Waals surface area (Å²) in [7, 11) is -2.48. The number of carbonyl (C=O) groups is 1. The van der Waals surface area contributed by atoms with Crippen molar-refractivity contribution < 1.29 is 27.6 Å². The van der Waals surface area contributed by atoms with E-state index in [1.54, 1.807) is 24.3 Å². The van der Waals surface area contributed by atoms with Crippen LogP contribution in [-0.4, -0.2) is 39.2 Å². The molecular weight excluding hydrogens is 450 g/mol. The molecule has 3 rings (SSSR count). The molecule has 33 heavy (non-hydrogen) atoms. The summed E-state index contributed by atoms with van der Waals surface area (Å²) in [4.78, 5) is 23.0. The highest BCUT2D eigenvalue weighted by Crippen LogP contribution is 2.29. The first-order valence-electron chi connectivity index (χ1n) is 9.60. The van der Waals surface area contributed by atoms with Gasteiger partial charge in [-0.25, -0.2) is 8.42 Å². The Balaban J connectivity index is 1.78. The number of nitrogens with zero attached hydrogens (tertiary/aromatic N) is 2. The number of methoxy groups -OCH3 is 1.